The molecule has 0 radical (unpaired) electrons. The molecule has 1 atom stereocenters. The minimum atomic E-state index is -0.471. The van der Waals surface area contributed by atoms with Gasteiger partial charge in [0.1, 0.15) is 6.04 Å². The van der Waals surface area contributed by atoms with Crippen LogP contribution in [-0.4, -0.2) is 20.4 Å². The molecule has 5 nitrogen and oxygen atoms in total. The quantitative estimate of drug-likeness (QED) is 0.670. The van der Waals surface area contributed by atoms with Crippen molar-refractivity contribution < 1.29 is 4.79 Å². The summed E-state index contributed by atoms with van der Waals surface area (Å²) in [5.74, 6) is 0.00941. The lowest BCUT2D eigenvalue weighted by Crippen LogP contribution is -2.42. The summed E-state index contributed by atoms with van der Waals surface area (Å²) in [6.45, 7) is 1.02. The predicted molar refractivity (Wildman–Crippen MR) is 104 cm³/mol. The van der Waals surface area contributed by atoms with E-state index in [9.17, 15) is 4.79 Å². The van der Waals surface area contributed by atoms with Gasteiger partial charge in [0.15, 0.2) is 0 Å². The highest BCUT2D eigenvalue weighted by Gasteiger charge is 2.34. The Morgan fingerprint density at radius 1 is 1.15 bits per heavy atom. The Balaban J connectivity index is 0.00000210. The smallest absolute Gasteiger partial charge is 0.250 e. The maximum absolute atomic E-state index is 13.2. The number of nitrogens with zero attached hydrogens (tertiary/aromatic N) is 4. The summed E-state index contributed by atoms with van der Waals surface area (Å²) in [5, 5.41) is 9.66. The Bertz CT molecular complexity index is 990. The van der Waals surface area contributed by atoms with Crippen LogP contribution in [0, 0.1) is 11.3 Å². The van der Waals surface area contributed by atoms with Crippen LogP contribution in [0.1, 0.15) is 28.4 Å². The van der Waals surface area contributed by atoms with Crippen LogP contribution < -0.4 is 0 Å². The van der Waals surface area contributed by atoms with E-state index >= 15 is 0 Å². The van der Waals surface area contributed by atoms with E-state index in [0.29, 0.717) is 23.7 Å². The SMILES string of the molecule is Cl.N#Cc1ccc(C2C(=O)N(Cc3ccc(Cl)cc3)Cc3cncn32)cc1. The highest BCUT2D eigenvalue weighted by atomic mass is 35.5. The first kappa shape index (κ1) is 19.0. The maximum atomic E-state index is 13.2. The molecule has 0 fully saturated rings. The first-order chi connectivity index (χ1) is 12.7. The van der Waals surface area contributed by atoms with Crippen molar-refractivity contribution in [3.63, 3.8) is 0 Å². The second-order valence-electron chi connectivity index (χ2n) is 6.25. The lowest BCUT2D eigenvalue weighted by molar-refractivity contribution is -0.136. The normalized spacial score (nSPS) is 15.6. The third-order valence-electron chi connectivity index (χ3n) is 4.57. The zero-order valence-corrected chi connectivity index (χ0v) is 15.8. The topological polar surface area (TPSA) is 61.9 Å². The molecule has 1 aliphatic rings. The fraction of sp³-hybridized carbons (Fsp3) is 0.150. The van der Waals surface area contributed by atoms with Gasteiger partial charge >= 0.3 is 0 Å². The Morgan fingerprint density at radius 2 is 1.85 bits per heavy atom. The van der Waals surface area contributed by atoms with Gasteiger partial charge in [-0.1, -0.05) is 35.9 Å². The Labute approximate surface area is 168 Å². The van der Waals surface area contributed by atoms with Crippen molar-refractivity contribution in [2.75, 3.05) is 0 Å². The molecule has 0 bridgehead atoms. The van der Waals surface area contributed by atoms with Crippen molar-refractivity contribution in [3.8, 4) is 6.07 Å². The zero-order chi connectivity index (χ0) is 18.1. The van der Waals surface area contributed by atoms with E-state index in [1.54, 1.807) is 24.7 Å². The number of aromatic nitrogens is 2. The highest BCUT2D eigenvalue weighted by molar-refractivity contribution is 6.30. The van der Waals surface area contributed by atoms with Gasteiger partial charge in [-0.2, -0.15) is 5.26 Å². The van der Waals surface area contributed by atoms with Crippen LogP contribution >= 0.6 is 24.0 Å². The van der Waals surface area contributed by atoms with Crippen LogP contribution in [0.15, 0.2) is 61.1 Å². The van der Waals surface area contributed by atoms with Crippen LogP contribution in [0.3, 0.4) is 0 Å². The number of rotatable bonds is 3. The number of hydrogen-bond donors (Lipinski definition) is 0. The molecular weight excluding hydrogens is 383 g/mol. The molecule has 3 aromatic rings. The average Bonchev–Trinajstić information content (AvgIpc) is 3.12. The first-order valence-corrected chi connectivity index (χ1v) is 8.57. The van der Waals surface area contributed by atoms with Gasteiger partial charge < -0.3 is 9.47 Å². The molecule has 136 valence electrons. The number of carbonyl (C=O) groups excluding carboxylic acids is 1. The van der Waals surface area contributed by atoms with Gasteiger partial charge in [0, 0.05) is 17.8 Å². The van der Waals surface area contributed by atoms with E-state index in [4.69, 9.17) is 16.9 Å². The highest BCUT2D eigenvalue weighted by Crippen LogP contribution is 2.29. The van der Waals surface area contributed by atoms with Gasteiger partial charge in [0.25, 0.3) is 5.91 Å². The number of carbonyl (C=O) groups is 1. The minimum absolute atomic E-state index is 0. The third-order valence-corrected chi connectivity index (χ3v) is 4.82. The van der Waals surface area contributed by atoms with E-state index in [0.717, 1.165) is 16.8 Å². The number of imidazole rings is 1. The van der Waals surface area contributed by atoms with Crippen LogP contribution in [0.5, 0.6) is 0 Å². The summed E-state index contributed by atoms with van der Waals surface area (Å²) in [6, 6.07) is 16.3. The zero-order valence-electron chi connectivity index (χ0n) is 14.2. The summed E-state index contributed by atoms with van der Waals surface area (Å²) in [4.78, 5) is 19.2. The molecule has 0 spiro atoms. The number of amides is 1. The van der Waals surface area contributed by atoms with Gasteiger partial charge in [-0.15, -0.1) is 12.4 Å². The molecule has 27 heavy (non-hydrogen) atoms. The third kappa shape index (κ3) is 3.68. The predicted octanol–water partition coefficient (Wildman–Crippen LogP) is 3.96. The summed E-state index contributed by atoms with van der Waals surface area (Å²) in [5.41, 5.74) is 3.41. The molecule has 1 aromatic heterocycles. The van der Waals surface area contributed by atoms with Crippen molar-refractivity contribution in [2.24, 2.45) is 0 Å². The largest absolute Gasteiger partial charge is 0.330 e. The number of fused-ring (bicyclic) bond motifs is 1. The van der Waals surface area contributed by atoms with Gasteiger partial charge in [0.2, 0.25) is 0 Å². The molecule has 1 aliphatic heterocycles. The van der Waals surface area contributed by atoms with Crippen molar-refractivity contribution in [2.45, 2.75) is 19.1 Å². The molecule has 2 aromatic carbocycles. The van der Waals surface area contributed by atoms with E-state index < -0.39 is 6.04 Å². The Morgan fingerprint density at radius 3 is 2.52 bits per heavy atom. The fourth-order valence-electron chi connectivity index (χ4n) is 3.24. The second kappa shape index (κ2) is 7.83. The minimum Gasteiger partial charge on any atom is -0.330 e. The number of hydrogen-bond acceptors (Lipinski definition) is 3. The lowest BCUT2D eigenvalue weighted by atomic mass is 10.0. The number of halogens is 2. The van der Waals surface area contributed by atoms with Crippen LogP contribution in [0.2, 0.25) is 5.02 Å². The van der Waals surface area contributed by atoms with E-state index in [1.165, 1.54) is 0 Å². The molecule has 0 N–H and O–H groups in total. The molecule has 0 aliphatic carbocycles. The lowest BCUT2D eigenvalue weighted by Gasteiger charge is -2.34. The summed E-state index contributed by atoms with van der Waals surface area (Å²) < 4.78 is 1.90. The van der Waals surface area contributed by atoms with E-state index in [1.807, 2.05) is 45.9 Å². The average molecular weight is 399 g/mol. The van der Waals surface area contributed by atoms with Gasteiger partial charge in [-0.3, -0.25) is 4.79 Å². The van der Waals surface area contributed by atoms with Crippen molar-refractivity contribution in [3.05, 3.63) is 88.5 Å². The summed E-state index contributed by atoms with van der Waals surface area (Å²) >= 11 is 5.95. The standard InChI is InChI=1S/C20H15ClN4O.ClH/c21-17-7-3-15(4-8-17)11-24-12-18-10-23-13-25(18)19(20(24)26)16-5-1-14(9-22)2-6-16;/h1-8,10,13,19H,11-12H2;1H. The molecule has 1 unspecified atom stereocenters. The first-order valence-electron chi connectivity index (χ1n) is 8.20. The van der Waals surface area contributed by atoms with E-state index in [-0.39, 0.29) is 18.3 Å². The Hall–Kier alpha value is -2.81. The number of benzene rings is 2. The molecule has 7 heteroatoms. The summed E-state index contributed by atoms with van der Waals surface area (Å²) in [6.07, 6.45) is 3.48. The summed E-state index contributed by atoms with van der Waals surface area (Å²) in [7, 11) is 0. The monoisotopic (exact) mass is 398 g/mol. The molecule has 2 heterocycles. The van der Waals surface area contributed by atoms with Gasteiger partial charge in [0.05, 0.1) is 30.2 Å². The van der Waals surface area contributed by atoms with E-state index in [2.05, 4.69) is 11.1 Å². The molecule has 0 saturated heterocycles. The van der Waals surface area contributed by atoms with Crippen molar-refractivity contribution >= 4 is 29.9 Å². The van der Waals surface area contributed by atoms with Crippen molar-refractivity contribution in [1.29, 1.82) is 5.26 Å². The van der Waals surface area contributed by atoms with Gasteiger partial charge in [-0.05, 0) is 35.4 Å². The number of nitriles is 1. The molecular formula is C20H16Cl2N4O. The fourth-order valence-corrected chi connectivity index (χ4v) is 3.37. The molecule has 1 amide bonds. The second-order valence-corrected chi connectivity index (χ2v) is 6.69. The van der Waals surface area contributed by atoms with Crippen LogP contribution in [0.4, 0.5) is 0 Å². The van der Waals surface area contributed by atoms with Crippen LogP contribution in [-0.2, 0) is 17.9 Å². The van der Waals surface area contributed by atoms with Crippen LogP contribution in [0.25, 0.3) is 0 Å². The Kier molecular flexibility index (Phi) is 5.50. The molecule has 4 rings (SSSR count). The van der Waals surface area contributed by atoms with Crippen molar-refractivity contribution in [1.82, 2.24) is 14.5 Å². The molecule has 0 saturated carbocycles. The maximum Gasteiger partial charge on any atom is 0.250 e. The van der Waals surface area contributed by atoms with Gasteiger partial charge in [-0.25, -0.2) is 4.98 Å².